The predicted molar refractivity (Wildman–Crippen MR) is 126 cm³/mol. The van der Waals surface area contributed by atoms with Crippen LogP contribution in [0.1, 0.15) is 33.9 Å². The number of amides is 1. The molecule has 1 atom stereocenters. The van der Waals surface area contributed by atoms with E-state index in [0.717, 1.165) is 34.1 Å². The zero-order valence-corrected chi connectivity index (χ0v) is 19.1. The van der Waals surface area contributed by atoms with Gasteiger partial charge in [-0.25, -0.2) is 8.42 Å². The fourth-order valence-corrected chi connectivity index (χ4v) is 4.77. The van der Waals surface area contributed by atoms with Crippen LogP contribution in [0.3, 0.4) is 0 Å². The molecule has 1 N–H and O–H groups in total. The molecule has 0 fully saturated rings. The number of para-hydroxylation sites is 1. The molecule has 31 heavy (non-hydrogen) atoms. The van der Waals surface area contributed by atoms with Crippen LogP contribution in [0, 0.1) is 20.8 Å². The van der Waals surface area contributed by atoms with Gasteiger partial charge in [0, 0.05) is 0 Å². The first kappa shape index (κ1) is 22.6. The van der Waals surface area contributed by atoms with Crippen LogP contribution < -0.4 is 9.62 Å². The van der Waals surface area contributed by atoms with E-state index in [0.29, 0.717) is 5.69 Å². The van der Waals surface area contributed by atoms with Gasteiger partial charge in [0.25, 0.3) is 0 Å². The molecule has 6 heteroatoms. The first-order chi connectivity index (χ1) is 14.7. The Kier molecular flexibility index (Phi) is 6.81. The summed E-state index contributed by atoms with van der Waals surface area (Å²) in [7, 11) is -3.66. The maximum atomic E-state index is 13.1. The summed E-state index contributed by atoms with van der Waals surface area (Å²) in [5.41, 5.74) is 5.11. The van der Waals surface area contributed by atoms with Crippen molar-refractivity contribution in [3.05, 3.63) is 101 Å². The number of rotatable bonds is 7. The molecule has 0 aliphatic carbocycles. The highest BCUT2D eigenvalue weighted by Crippen LogP contribution is 2.28. The molecule has 0 spiro atoms. The lowest BCUT2D eigenvalue weighted by Gasteiger charge is -2.27. The molecule has 5 nitrogen and oxygen atoms in total. The van der Waals surface area contributed by atoms with Crippen molar-refractivity contribution in [3.8, 4) is 0 Å². The lowest BCUT2D eigenvalue weighted by molar-refractivity contribution is -0.120. The summed E-state index contributed by atoms with van der Waals surface area (Å²) in [5, 5.41) is 3.06. The van der Waals surface area contributed by atoms with Gasteiger partial charge in [-0.2, -0.15) is 0 Å². The zero-order chi connectivity index (χ0) is 22.6. The van der Waals surface area contributed by atoms with Gasteiger partial charge in [0.15, 0.2) is 0 Å². The van der Waals surface area contributed by atoms with E-state index in [1.165, 1.54) is 4.31 Å². The third-order valence-corrected chi connectivity index (χ3v) is 6.43. The van der Waals surface area contributed by atoms with Gasteiger partial charge in [-0.1, -0.05) is 72.8 Å². The van der Waals surface area contributed by atoms with Crippen LogP contribution in [-0.2, 0) is 14.8 Å². The zero-order valence-electron chi connectivity index (χ0n) is 18.3. The first-order valence-electron chi connectivity index (χ1n) is 10.1. The molecular weight excluding hydrogens is 408 g/mol. The number of hydrogen-bond donors (Lipinski definition) is 1. The SMILES string of the molecule is Cc1ccccc1[C@H](NC(=O)CN(c1c(C)cccc1C)S(C)(=O)=O)c1ccccc1. The Bertz CT molecular complexity index is 1150. The monoisotopic (exact) mass is 436 g/mol. The molecular formula is C25H28N2O3S. The van der Waals surface area contributed by atoms with Gasteiger partial charge in [-0.15, -0.1) is 0 Å². The smallest absolute Gasteiger partial charge is 0.241 e. The third-order valence-electron chi connectivity index (χ3n) is 5.31. The Hall–Kier alpha value is -3.12. The van der Waals surface area contributed by atoms with Crippen molar-refractivity contribution in [1.82, 2.24) is 5.32 Å². The maximum Gasteiger partial charge on any atom is 0.241 e. The molecule has 3 rings (SSSR count). The molecule has 0 aromatic heterocycles. The third kappa shape index (κ3) is 5.33. The summed E-state index contributed by atoms with van der Waals surface area (Å²) >= 11 is 0. The van der Waals surface area contributed by atoms with Crippen LogP contribution in [0.15, 0.2) is 72.8 Å². The van der Waals surface area contributed by atoms with Crippen molar-refractivity contribution < 1.29 is 13.2 Å². The molecule has 0 heterocycles. The van der Waals surface area contributed by atoms with Gasteiger partial charge < -0.3 is 5.32 Å². The van der Waals surface area contributed by atoms with Crippen molar-refractivity contribution >= 4 is 21.6 Å². The summed E-state index contributed by atoms with van der Waals surface area (Å²) in [6.07, 6.45) is 1.13. The van der Waals surface area contributed by atoms with Gasteiger partial charge in [-0.3, -0.25) is 9.10 Å². The van der Waals surface area contributed by atoms with E-state index < -0.39 is 10.0 Å². The highest BCUT2D eigenvalue weighted by molar-refractivity contribution is 7.92. The minimum absolute atomic E-state index is 0.292. The second-order valence-corrected chi connectivity index (χ2v) is 9.68. The van der Waals surface area contributed by atoms with Crippen LogP contribution in [0.2, 0.25) is 0 Å². The Labute approximate surface area is 184 Å². The number of carbonyl (C=O) groups excluding carboxylic acids is 1. The molecule has 1 amide bonds. The summed E-state index contributed by atoms with van der Waals surface area (Å²) in [4.78, 5) is 13.1. The van der Waals surface area contributed by atoms with Gasteiger partial charge in [0.1, 0.15) is 6.54 Å². The molecule has 0 unspecified atom stereocenters. The summed E-state index contributed by atoms with van der Waals surface area (Å²) in [6, 6.07) is 22.7. The predicted octanol–water partition coefficient (Wildman–Crippen LogP) is 4.28. The Morgan fingerprint density at radius 1 is 0.839 bits per heavy atom. The Balaban J connectivity index is 1.95. The lowest BCUT2D eigenvalue weighted by Crippen LogP contribution is -2.42. The average Bonchev–Trinajstić information content (AvgIpc) is 2.72. The van der Waals surface area contributed by atoms with E-state index in [4.69, 9.17) is 0 Å². The quantitative estimate of drug-likeness (QED) is 0.601. The van der Waals surface area contributed by atoms with Crippen LogP contribution in [0.5, 0.6) is 0 Å². The second kappa shape index (κ2) is 9.35. The van der Waals surface area contributed by atoms with Crippen molar-refractivity contribution in [3.63, 3.8) is 0 Å². The summed E-state index contributed by atoms with van der Waals surface area (Å²) in [6.45, 7) is 5.40. The topological polar surface area (TPSA) is 66.5 Å². The highest BCUT2D eigenvalue weighted by Gasteiger charge is 2.26. The molecule has 162 valence electrons. The van der Waals surface area contributed by atoms with E-state index >= 15 is 0 Å². The number of nitrogens with zero attached hydrogens (tertiary/aromatic N) is 1. The van der Waals surface area contributed by atoms with Gasteiger partial charge in [0.05, 0.1) is 18.0 Å². The first-order valence-corrected chi connectivity index (χ1v) is 12.0. The van der Waals surface area contributed by atoms with Crippen molar-refractivity contribution in [2.45, 2.75) is 26.8 Å². The van der Waals surface area contributed by atoms with Crippen LogP contribution >= 0.6 is 0 Å². The number of sulfonamides is 1. The van der Waals surface area contributed by atoms with Gasteiger partial charge in [0.2, 0.25) is 15.9 Å². The number of benzene rings is 3. The van der Waals surface area contributed by atoms with E-state index in [2.05, 4.69) is 5.32 Å². The Morgan fingerprint density at radius 2 is 1.39 bits per heavy atom. The van der Waals surface area contributed by atoms with E-state index in [9.17, 15) is 13.2 Å². The molecule has 0 saturated heterocycles. The average molecular weight is 437 g/mol. The minimum Gasteiger partial charge on any atom is -0.344 e. The largest absolute Gasteiger partial charge is 0.344 e. The number of anilines is 1. The standard InChI is InChI=1S/C25H28N2O3S/c1-18-11-8-9-16-22(18)24(21-14-6-5-7-15-21)26-23(28)17-27(31(4,29)30)25-19(2)12-10-13-20(25)3/h5-16,24H,17H2,1-4H3,(H,26,28)/t24-/m1/s1. The van der Waals surface area contributed by atoms with Gasteiger partial charge in [-0.05, 0) is 48.6 Å². The number of aryl methyl sites for hydroxylation is 3. The van der Waals surface area contributed by atoms with Gasteiger partial charge >= 0.3 is 0 Å². The number of nitrogens with one attached hydrogen (secondary N) is 1. The van der Waals surface area contributed by atoms with E-state index in [1.807, 2.05) is 93.6 Å². The molecule has 3 aromatic carbocycles. The van der Waals surface area contributed by atoms with E-state index in [1.54, 1.807) is 0 Å². The summed E-state index contributed by atoms with van der Waals surface area (Å²) < 4.78 is 26.4. The van der Waals surface area contributed by atoms with E-state index in [-0.39, 0.29) is 18.5 Å². The molecule has 0 saturated carbocycles. The molecule has 0 bridgehead atoms. The van der Waals surface area contributed by atoms with Crippen LogP contribution in [-0.4, -0.2) is 27.1 Å². The molecule has 0 radical (unpaired) electrons. The number of hydrogen-bond acceptors (Lipinski definition) is 3. The summed E-state index contributed by atoms with van der Waals surface area (Å²) in [5.74, 6) is -0.370. The number of carbonyl (C=O) groups is 1. The van der Waals surface area contributed by atoms with Crippen molar-refractivity contribution in [2.24, 2.45) is 0 Å². The fraction of sp³-hybridized carbons (Fsp3) is 0.240. The molecule has 3 aromatic rings. The highest BCUT2D eigenvalue weighted by atomic mass is 32.2. The maximum absolute atomic E-state index is 13.1. The fourth-order valence-electron chi connectivity index (χ4n) is 3.80. The minimum atomic E-state index is -3.66. The molecule has 0 aliphatic rings. The van der Waals surface area contributed by atoms with Crippen molar-refractivity contribution in [1.29, 1.82) is 0 Å². The second-order valence-electron chi connectivity index (χ2n) is 7.78. The van der Waals surface area contributed by atoms with Crippen LogP contribution in [0.25, 0.3) is 0 Å². The Morgan fingerprint density at radius 3 is 1.97 bits per heavy atom. The normalized spacial score (nSPS) is 12.3. The molecule has 0 aliphatic heterocycles. The lowest BCUT2D eigenvalue weighted by atomic mass is 9.95. The van der Waals surface area contributed by atoms with Crippen LogP contribution in [0.4, 0.5) is 5.69 Å². The van der Waals surface area contributed by atoms with Crippen molar-refractivity contribution in [2.75, 3.05) is 17.1 Å².